The number of hydrogen-bond donors (Lipinski definition) is 0. The Morgan fingerprint density at radius 3 is 2.67 bits per heavy atom. The van der Waals surface area contributed by atoms with Gasteiger partial charge in [-0.2, -0.15) is 0 Å². The normalized spacial score (nSPS) is 18.5. The number of carbonyl (C=O) groups excluding carboxylic acids is 1. The first-order valence-electron chi connectivity index (χ1n) is 9.97. The maximum Gasteiger partial charge on any atom is 0.224 e. The van der Waals surface area contributed by atoms with Crippen molar-refractivity contribution in [3.8, 4) is 0 Å². The number of amides is 1. The molecule has 0 spiro atoms. The molecule has 1 aromatic carbocycles. The van der Waals surface area contributed by atoms with Crippen LogP contribution in [0, 0.1) is 11.7 Å². The summed E-state index contributed by atoms with van der Waals surface area (Å²) < 4.78 is 13.0. The molecule has 0 unspecified atom stereocenters. The molecule has 0 saturated carbocycles. The van der Waals surface area contributed by atoms with E-state index in [2.05, 4.69) is 16.3 Å². The van der Waals surface area contributed by atoms with Crippen LogP contribution in [0.3, 0.4) is 0 Å². The first-order chi connectivity index (χ1) is 13.2. The number of carbonyl (C=O) groups is 1. The highest BCUT2D eigenvalue weighted by Crippen LogP contribution is 2.25. The lowest BCUT2D eigenvalue weighted by Gasteiger charge is -2.33. The number of rotatable bonds is 5. The van der Waals surface area contributed by atoms with Crippen molar-refractivity contribution >= 4 is 17.2 Å². The molecule has 2 aliphatic heterocycles. The molecule has 3 heterocycles. The Balaban J connectivity index is 1.18. The molecule has 27 heavy (non-hydrogen) atoms. The predicted octanol–water partition coefficient (Wildman–Crippen LogP) is 4.12. The lowest BCUT2D eigenvalue weighted by molar-refractivity contribution is -0.132. The number of halogens is 1. The Labute approximate surface area is 164 Å². The summed E-state index contributed by atoms with van der Waals surface area (Å²) >= 11 is 1.81. The third kappa shape index (κ3) is 4.77. The average Bonchev–Trinajstić information content (AvgIpc) is 3.17. The largest absolute Gasteiger partial charge is 0.338 e. The van der Waals surface area contributed by atoms with Gasteiger partial charge in [-0.25, -0.2) is 4.39 Å². The monoisotopic (exact) mass is 386 g/mol. The van der Waals surface area contributed by atoms with E-state index in [1.165, 1.54) is 16.0 Å². The van der Waals surface area contributed by atoms with Crippen molar-refractivity contribution in [2.45, 2.75) is 38.6 Å². The lowest BCUT2D eigenvalue weighted by Crippen LogP contribution is -2.39. The van der Waals surface area contributed by atoms with Crippen LogP contribution in [0.5, 0.6) is 0 Å². The van der Waals surface area contributed by atoms with Gasteiger partial charge in [0.25, 0.3) is 0 Å². The van der Waals surface area contributed by atoms with Crippen LogP contribution in [0.4, 0.5) is 4.39 Å². The van der Waals surface area contributed by atoms with E-state index in [1.807, 2.05) is 28.4 Å². The predicted molar refractivity (Wildman–Crippen MR) is 107 cm³/mol. The van der Waals surface area contributed by atoms with Crippen molar-refractivity contribution in [2.24, 2.45) is 5.92 Å². The minimum absolute atomic E-state index is 0.165. The molecule has 144 valence electrons. The zero-order chi connectivity index (χ0) is 18.6. The van der Waals surface area contributed by atoms with Crippen molar-refractivity contribution in [1.82, 2.24) is 9.80 Å². The number of thiophene rings is 1. The van der Waals surface area contributed by atoms with E-state index in [9.17, 15) is 9.18 Å². The van der Waals surface area contributed by atoms with Crippen LogP contribution in [0.1, 0.15) is 35.3 Å². The van der Waals surface area contributed by atoms with Crippen LogP contribution in [0.15, 0.2) is 35.7 Å². The molecule has 0 radical (unpaired) electrons. The van der Waals surface area contributed by atoms with Crippen molar-refractivity contribution in [1.29, 1.82) is 0 Å². The molecule has 0 aliphatic carbocycles. The zero-order valence-corrected chi connectivity index (χ0v) is 16.5. The van der Waals surface area contributed by atoms with E-state index in [0.717, 1.165) is 58.4 Å². The highest BCUT2D eigenvalue weighted by atomic mass is 32.1. The minimum atomic E-state index is -0.165. The summed E-state index contributed by atoms with van der Waals surface area (Å²) in [6.07, 6.45) is 4.99. The Hall–Kier alpha value is -1.72. The minimum Gasteiger partial charge on any atom is -0.338 e. The van der Waals surface area contributed by atoms with Gasteiger partial charge in [0.1, 0.15) is 5.82 Å². The zero-order valence-electron chi connectivity index (χ0n) is 15.7. The summed E-state index contributed by atoms with van der Waals surface area (Å²) in [4.78, 5) is 18.5. The highest BCUT2D eigenvalue weighted by molar-refractivity contribution is 7.10. The Kier molecular flexibility index (Phi) is 5.89. The molecule has 3 nitrogen and oxygen atoms in total. The van der Waals surface area contributed by atoms with E-state index in [0.29, 0.717) is 18.2 Å². The van der Waals surface area contributed by atoms with Gasteiger partial charge in [0.05, 0.1) is 0 Å². The molecule has 0 bridgehead atoms. The Morgan fingerprint density at radius 2 is 1.89 bits per heavy atom. The fourth-order valence-electron chi connectivity index (χ4n) is 4.24. The second-order valence-electron chi connectivity index (χ2n) is 7.80. The molecule has 1 fully saturated rings. The van der Waals surface area contributed by atoms with Crippen molar-refractivity contribution in [3.63, 3.8) is 0 Å². The van der Waals surface area contributed by atoms with E-state index < -0.39 is 0 Å². The van der Waals surface area contributed by atoms with Gasteiger partial charge >= 0.3 is 0 Å². The average molecular weight is 387 g/mol. The third-order valence-electron chi connectivity index (χ3n) is 5.95. The molecule has 4 rings (SSSR count). The number of fused-ring (bicyclic) bond motifs is 1. The number of likely N-dealkylation sites (tertiary alicyclic amines) is 1. The van der Waals surface area contributed by atoms with E-state index >= 15 is 0 Å². The summed E-state index contributed by atoms with van der Waals surface area (Å²) in [5.41, 5.74) is 2.56. The highest BCUT2D eigenvalue weighted by Gasteiger charge is 2.23. The number of benzene rings is 1. The Morgan fingerprint density at radius 1 is 1.11 bits per heavy atom. The molecule has 1 aromatic heterocycles. The molecule has 0 N–H and O–H groups in total. The van der Waals surface area contributed by atoms with Gasteiger partial charge < -0.3 is 9.80 Å². The molecule has 2 aromatic rings. The first kappa shape index (κ1) is 18.6. The SMILES string of the molecule is O=C(CCN1CCC(Cc2ccc(F)cc2)CC1)N1CCc2sccc2C1. The quantitative estimate of drug-likeness (QED) is 0.772. The molecular weight excluding hydrogens is 359 g/mol. The van der Waals surface area contributed by atoms with Crippen LogP contribution in [-0.2, 0) is 24.2 Å². The fourth-order valence-corrected chi connectivity index (χ4v) is 5.13. The van der Waals surface area contributed by atoms with Gasteiger partial charge in [-0.3, -0.25) is 4.79 Å². The van der Waals surface area contributed by atoms with Crippen molar-refractivity contribution in [3.05, 3.63) is 57.5 Å². The summed E-state index contributed by atoms with van der Waals surface area (Å²) in [5.74, 6) is 0.795. The molecule has 2 aliphatic rings. The molecular formula is C22H27FN2OS. The Bertz CT molecular complexity index is 765. The topological polar surface area (TPSA) is 23.6 Å². The standard InChI is InChI=1S/C22H27FN2OS/c23-20-3-1-17(2-4-20)15-18-5-10-24(11-6-18)12-8-22(26)25-13-7-21-19(16-25)9-14-27-21/h1-4,9,14,18H,5-8,10-13,15-16H2. The maximum absolute atomic E-state index is 13.0. The summed E-state index contributed by atoms with van der Waals surface area (Å²) in [7, 11) is 0. The van der Waals surface area contributed by atoms with Crippen LogP contribution < -0.4 is 0 Å². The fraction of sp³-hybridized carbons (Fsp3) is 0.500. The van der Waals surface area contributed by atoms with Crippen LogP contribution in [0.2, 0.25) is 0 Å². The third-order valence-corrected chi connectivity index (χ3v) is 6.97. The van der Waals surface area contributed by atoms with Gasteiger partial charge in [0.2, 0.25) is 5.91 Å². The summed E-state index contributed by atoms with van der Waals surface area (Å²) in [6, 6.07) is 9.06. The van der Waals surface area contributed by atoms with Crippen LogP contribution >= 0.6 is 11.3 Å². The second-order valence-corrected chi connectivity index (χ2v) is 8.80. The van der Waals surface area contributed by atoms with Gasteiger partial charge in [0, 0.05) is 30.9 Å². The number of hydrogen-bond acceptors (Lipinski definition) is 3. The van der Waals surface area contributed by atoms with Crippen molar-refractivity contribution < 1.29 is 9.18 Å². The van der Waals surface area contributed by atoms with Crippen LogP contribution in [-0.4, -0.2) is 41.9 Å². The second kappa shape index (κ2) is 8.53. The molecule has 1 amide bonds. The van der Waals surface area contributed by atoms with Gasteiger partial charge in [0.15, 0.2) is 0 Å². The van der Waals surface area contributed by atoms with E-state index in [4.69, 9.17) is 0 Å². The summed E-state index contributed by atoms with van der Waals surface area (Å²) in [6.45, 7) is 4.65. The van der Waals surface area contributed by atoms with E-state index in [1.54, 1.807) is 12.1 Å². The van der Waals surface area contributed by atoms with Gasteiger partial charge in [-0.1, -0.05) is 12.1 Å². The van der Waals surface area contributed by atoms with Crippen LogP contribution in [0.25, 0.3) is 0 Å². The smallest absolute Gasteiger partial charge is 0.224 e. The molecule has 1 saturated heterocycles. The molecule has 5 heteroatoms. The lowest BCUT2D eigenvalue weighted by atomic mass is 9.90. The van der Waals surface area contributed by atoms with E-state index in [-0.39, 0.29) is 5.82 Å². The first-order valence-corrected chi connectivity index (χ1v) is 10.8. The van der Waals surface area contributed by atoms with Crippen molar-refractivity contribution in [2.75, 3.05) is 26.2 Å². The number of piperidine rings is 1. The maximum atomic E-state index is 13.0. The summed E-state index contributed by atoms with van der Waals surface area (Å²) in [5, 5.41) is 2.13. The van der Waals surface area contributed by atoms with Gasteiger partial charge in [-0.05, 0) is 79.4 Å². The number of nitrogens with zero attached hydrogens (tertiary/aromatic N) is 2. The van der Waals surface area contributed by atoms with Gasteiger partial charge in [-0.15, -0.1) is 11.3 Å². The molecule has 0 atom stereocenters.